The summed E-state index contributed by atoms with van der Waals surface area (Å²) in [4.78, 5) is 30.0. The number of hydrogen-bond donors (Lipinski definition) is 2. The molecule has 152 valence electrons. The Morgan fingerprint density at radius 3 is 2.67 bits per heavy atom. The van der Waals surface area contributed by atoms with Crippen LogP contribution in [-0.2, 0) is 4.79 Å². The van der Waals surface area contributed by atoms with E-state index in [9.17, 15) is 9.59 Å². The molecule has 27 heavy (non-hydrogen) atoms. The molecule has 2 amide bonds. The summed E-state index contributed by atoms with van der Waals surface area (Å²) in [7, 11) is 0. The number of carboxylic acid groups (broad SMARTS) is 1. The van der Waals surface area contributed by atoms with Crippen molar-refractivity contribution in [2.75, 3.05) is 11.1 Å². The normalized spacial score (nSPS) is 16.3. The number of nitrogens with one attached hydrogen (secondary N) is 1. The zero-order chi connectivity index (χ0) is 19.8. The lowest BCUT2D eigenvalue weighted by Crippen LogP contribution is -2.49. The fourth-order valence-electron chi connectivity index (χ4n) is 3.66. The van der Waals surface area contributed by atoms with Gasteiger partial charge in [0.2, 0.25) is 0 Å². The number of carboxylic acids is 1. The average molecular weight is 414 g/mol. The van der Waals surface area contributed by atoms with Crippen LogP contribution >= 0.6 is 23.1 Å². The van der Waals surface area contributed by atoms with Crippen molar-refractivity contribution >= 4 is 40.2 Å². The van der Waals surface area contributed by atoms with Crippen LogP contribution in [0.15, 0.2) is 10.4 Å². The summed E-state index contributed by atoms with van der Waals surface area (Å²) in [6, 6.07) is 0.431. The molecule has 1 aromatic rings. The largest absolute Gasteiger partial charge is 0.481 e. The monoisotopic (exact) mass is 413 g/mol. The molecule has 0 aromatic carbocycles. The van der Waals surface area contributed by atoms with Gasteiger partial charge in [-0.2, -0.15) is 0 Å². The molecular weight excluding hydrogens is 382 g/mol. The molecule has 2 rings (SSSR count). The first-order valence-electron chi connectivity index (χ1n) is 9.76. The zero-order valence-corrected chi connectivity index (χ0v) is 18.1. The Bertz CT molecular complexity index is 615. The van der Waals surface area contributed by atoms with Gasteiger partial charge in [-0.05, 0) is 32.1 Å². The molecule has 6 nitrogen and oxygen atoms in total. The maximum Gasteiger partial charge on any atom is 0.324 e. The SMILES string of the molecule is CC(C)CC(C)N(C(=O)Nc1ncc(SCCC(=O)O)s1)C1CCCCC1. The molecule has 0 bridgehead atoms. The summed E-state index contributed by atoms with van der Waals surface area (Å²) >= 11 is 2.86. The van der Waals surface area contributed by atoms with Crippen molar-refractivity contribution in [1.82, 2.24) is 9.88 Å². The Morgan fingerprint density at radius 1 is 1.33 bits per heavy atom. The molecule has 0 saturated heterocycles. The minimum absolute atomic E-state index is 0.0634. The van der Waals surface area contributed by atoms with Crippen LogP contribution < -0.4 is 5.32 Å². The van der Waals surface area contributed by atoms with E-state index in [2.05, 4.69) is 31.1 Å². The van der Waals surface area contributed by atoms with Gasteiger partial charge in [0, 0.05) is 17.8 Å². The Balaban J connectivity index is 1.99. The zero-order valence-electron chi connectivity index (χ0n) is 16.4. The van der Waals surface area contributed by atoms with Gasteiger partial charge in [0.25, 0.3) is 0 Å². The number of anilines is 1. The quantitative estimate of drug-likeness (QED) is 0.536. The highest BCUT2D eigenvalue weighted by Crippen LogP contribution is 2.30. The second-order valence-corrected chi connectivity index (χ2v) is 10.0. The van der Waals surface area contributed by atoms with Crippen molar-refractivity contribution in [2.45, 2.75) is 82.0 Å². The second kappa shape index (κ2) is 10.9. The van der Waals surface area contributed by atoms with Gasteiger partial charge in [0.15, 0.2) is 5.13 Å². The van der Waals surface area contributed by atoms with Crippen molar-refractivity contribution in [3.63, 3.8) is 0 Å². The fourth-order valence-corrected chi connectivity index (χ4v) is 5.53. The van der Waals surface area contributed by atoms with Gasteiger partial charge in [0.05, 0.1) is 16.8 Å². The molecule has 1 saturated carbocycles. The number of amides is 2. The smallest absolute Gasteiger partial charge is 0.324 e. The van der Waals surface area contributed by atoms with E-state index >= 15 is 0 Å². The standard InChI is InChI=1S/C19H31N3O3S2/c1-13(2)11-14(3)22(15-7-5-4-6-8-15)19(25)21-18-20-12-17(27-18)26-10-9-16(23)24/h12-15H,4-11H2,1-3H3,(H,23,24)(H,20,21,25). The number of carbonyl (C=O) groups is 2. The van der Waals surface area contributed by atoms with Crippen LogP contribution in [-0.4, -0.2) is 44.8 Å². The molecule has 0 aliphatic heterocycles. The molecule has 1 aliphatic carbocycles. The molecule has 1 aromatic heterocycles. The van der Waals surface area contributed by atoms with Gasteiger partial charge in [0.1, 0.15) is 0 Å². The molecule has 1 fully saturated rings. The number of rotatable bonds is 9. The van der Waals surface area contributed by atoms with Crippen molar-refractivity contribution in [3.8, 4) is 0 Å². The topological polar surface area (TPSA) is 82.5 Å². The van der Waals surface area contributed by atoms with Crippen LogP contribution in [0.1, 0.15) is 65.7 Å². The van der Waals surface area contributed by atoms with Crippen LogP contribution in [0.3, 0.4) is 0 Å². The van der Waals surface area contributed by atoms with Gasteiger partial charge in [-0.25, -0.2) is 9.78 Å². The number of nitrogens with zero attached hydrogens (tertiary/aromatic N) is 2. The minimum Gasteiger partial charge on any atom is -0.481 e. The Morgan fingerprint density at radius 2 is 2.04 bits per heavy atom. The van der Waals surface area contributed by atoms with Crippen LogP contribution in [0, 0.1) is 5.92 Å². The average Bonchev–Trinajstić information content (AvgIpc) is 3.02. The first kappa shape index (κ1) is 22.0. The molecule has 8 heteroatoms. The maximum absolute atomic E-state index is 13.0. The van der Waals surface area contributed by atoms with Crippen molar-refractivity contribution < 1.29 is 14.7 Å². The fraction of sp³-hybridized carbons (Fsp3) is 0.737. The Kier molecular flexibility index (Phi) is 8.89. The van der Waals surface area contributed by atoms with Gasteiger partial charge >= 0.3 is 12.0 Å². The molecule has 1 atom stereocenters. The number of carbonyl (C=O) groups excluding carboxylic acids is 1. The first-order valence-corrected chi connectivity index (χ1v) is 11.6. The predicted molar refractivity (Wildman–Crippen MR) is 112 cm³/mol. The minimum atomic E-state index is -0.803. The lowest BCUT2D eigenvalue weighted by molar-refractivity contribution is -0.136. The van der Waals surface area contributed by atoms with E-state index in [1.54, 1.807) is 6.20 Å². The number of thioether (sulfide) groups is 1. The highest BCUT2D eigenvalue weighted by Gasteiger charge is 2.30. The van der Waals surface area contributed by atoms with Gasteiger partial charge in [-0.15, -0.1) is 11.8 Å². The summed E-state index contributed by atoms with van der Waals surface area (Å²) in [5, 5.41) is 12.3. The van der Waals surface area contributed by atoms with E-state index < -0.39 is 5.97 Å². The summed E-state index contributed by atoms with van der Waals surface area (Å²) < 4.78 is 0.922. The summed E-state index contributed by atoms with van der Waals surface area (Å²) in [5.41, 5.74) is 0. The van der Waals surface area contributed by atoms with E-state index in [1.807, 2.05) is 4.90 Å². The van der Waals surface area contributed by atoms with E-state index in [0.717, 1.165) is 23.5 Å². The molecule has 1 aliphatic rings. The maximum atomic E-state index is 13.0. The third-order valence-electron chi connectivity index (χ3n) is 4.75. The predicted octanol–water partition coefficient (Wildman–Crippen LogP) is 5.31. The van der Waals surface area contributed by atoms with Crippen molar-refractivity contribution in [3.05, 3.63) is 6.20 Å². The highest BCUT2D eigenvalue weighted by molar-refractivity contribution is 8.01. The molecule has 0 radical (unpaired) electrons. The van der Waals surface area contributed by atoms with Gasteiger partial charge in [-0.1, -0.05) is 44.4 Å². The molecule has 2 N–H and O–H groups in total. The first-order chi connectivity index (χ1) is 12.9. The van der Waals surface area contributed by atoms with Gasteiger partial charge in [-0.3, -0.25) is 10.1 Å². The summed E-state index contributed by atoms with van der Waals surface area (Å²) in [5.74, 6) is 0.239. The molecule has 0 spiro atoms. The molecular formula is C19H31N3O3S2. The lowest BCUT2D eigenvalue weighted by atomic mass is 9.92. The lowest BCUT2D eigenvalue weighted by Gasteiger charge is -2.39. The van der Waals surface area contributed by atoms with Crippen molar-refractivity contribution in [1.29, 1.82) is 0 Å². The molecule has 1 heterocycles. The number of hydrogen-bond acceptors (Lipinski definition) is 5. The number of urea groups is 1. The van der Waals surface area contributed by atoms with Crippen LogP contribution in [0.25, 0.3) is 0 Å². The summed E-state index contributed by atoms with van der Waals surface area (Å²) in [6.07, 6.45) is 8.58. The molecule has 1 unspecified atom stereocenters. The van der Waals surface area contributed by atoms with E-state index in [0.29, 0.717) is 22.8 Å². The highest BCUT2D eigenvalue weighted by atomic mass is 32.2. The van der Waals surface area contributed by atoms with Crippen LogP contribution in [0.4, 0.5) is 9.93 Å². The third-order valence-corrected chi connectivity index (χ3v) is 6.86. The van der Waals surface area contributed by atoms with E-state index in [4.69, 9.17) is 5.11 Å². The summed E-state index contributed by atoms with van der Waals surface area (Å²) in [6.45, 7) is 6.52. The third kappa shape index (κ3) is 7.33. The van der Waals surface area contributed by atoms with E-state index in [-0.39, 0.29) is 18.5 Å². The van der Waals surface area contributed by atoms with Crippen molar-refractivity contribution in [2.24, 2.45) is 5.92 Å². The van der Waals surface area contributed by atoms with Crippen LogP contribution in [0.2, 0.25) is 0 Å². The number of aliphatic carboxylic acids is 1. The number of aromatic nitrogens is 1. The van der Waals surface area contributed by atoms with E-state index in [1.165, 1.54) is 42.4 Å². The Labute approximate surface area is 170 Å². The van der Waals surface area contributed by atoms with Gasteiger partial charge < -0.3 is 10.0 Å². The Hall–Kier alpha value is -1.28. The van der Waals surface area contributed by atoms with Crippen LogP contribution in [0.5, 0.6) is 0 Å². The number of thiazole rings is 1. The second-order valence-electron chi connectivity index (χ2n) is 7.58.